The van der Waals surface area contributed by atoms with Crippen molar-refractivity contribution in [3.63, 3.8) is 0 Å². The van der Waals surface area contributed by atoms with E-state index in [1.807, 2.05) is 12.1 Å². The number of benzene rings is 8. The van der Waals surface area contributed by atoms with Gasteiger partial charge >= 0.3 is 0 Å². The van der Waals surface area contributed by atoms with E-state index in [1.54, 1.807) is 0 Å². The molecule has 4 heterocycles. The third kappa shape index (κ3) is 5.36. The Morgan fingerprint density at radius 2 is 0.839 bits per heavy atom. The van der Waals surface area contributed by atoms with Crippen LogP contribution in [0.4, 0.5) is 34.1 Å². The molecule has 6 heteroatoms. The average Bonchev–Trinajstić information content (AvgIpc) is 3.90. The lowest BCUT2D eigenvalue weighted by molar-refractivity contribution is 0.620. The first-order valence-corrected chi connectivity index (χ1v) is 21.3. The van der Waals surface area contributed by atoms with Crippen LogP contribution < -0.4 is 9.80 Å². The fraction of sp³-hybridized carbons (Fsp3) is 0.107. The highest BCUT2D eigenvalue weighted by Crippen LogP contribution is 2.53. The molecule has 0 radical (unpaired) electrons. The number of imidazole rings is 1. The zero-order valence-corrected chi connectivity index (χ0v) is 35.0. The molecule has 2 aromatic heterocycles. The van der Waals surface area contributed by atoms with Crippen LogP contribution in [0.2, 0.25) is 0 Å². The van der Waals surface area contributed by atoms with E-state index in [0.717, 1.165) is 50.6 Å². The van der Waals surface area contributed by atoms with Gasteiger partial charge in [-0.1, -0.05) is 119 Å². The van der Waals surface area contributed by atoms with Gasteiger partial charge < -0.3 is 14.2 Å². The van der Waals surface area contributed by atoms with Crippen molar-refractivity contribution in [2.45, 2.75) is 38.5 Å². The molecule has 2 aliphatic rings. The van der Waals surface area contributed by atoms with Crippen molar-refractivity contribution >= 4 is 56.3 Å². The molecule has 0 aliphatic carbocycles. The lowest BCUT2D eigenvalue weighted by Gasteiger charge is -2.42. The van der Waals surface area contributed by atoms with Crippen LogP contribution in [0, 0.1) is 0 Å². The molecule has 0 saturated heterocycles. The second-order valence-corrected chi connectivity index (χ2v) is 17.5. The highest BCUT2D eigenvalue weighted by atomic mass is 16.3. The molecule has 62 heavy (non-hydrogen) atoms. The van der Waals surface area contributed by atoms with E-state index in [1.165, 1.54) is 45.0 Å². The summed E-state index contributed by atoms with van der Waals surface area (Å²) in [5.41, 5.74) is 18.2. The van der Waals surface area contributed by atoms with Gasteiger partial charge in [0, 0.05) is 45.1 Å². The second kappa shape index (κ2) is 13.4. The number of para-hydroxylation sites is 5. The largest absolute Gasteiger partial charge is 0.436 e. The third-order valence-corrected chi connectivity index (χ3v) is 13.2. The summed E-state index contributed by atoms with van der Waals surface area (Å²) in [5, 5.41) is 0. The van der Waals surface area contributed by atoms with Crippen molar-refractivity contribution in [2.24, 2.45) is 0 Å². The van der Waals surface area contributed by atoms with Crippen LogP contribution in [0.25, 0.3) is 50.7 Å². The van der Waals surface area contributed by atoms with E-state index >= 15 is 0 Å². The molecule has 0 spiro atoms. The maximum atomic E-state index is 6.52. The van der Waals surface area contributed by atoms with Gasteiger partial charge in [0.05, 0.1) is 33.8 Å². The van der Waals surface area contributed by atoms with Crippen molar-refractivity contribution in [1.82, 2.24) is 14.5 Å². The van der Waals surface area contributed by atoms with E-state index in [2.05, 4.69) is 218 Å². The summed E-state index contributed by atoms with van der Waals surface area (Å²) in [7, 11) is 0. The van der Waals surface area contributed by atoms with E-state index in [9.17, 15) is 0 Å². The molecule has 0 unspecified atom stereocenters. The Morgan fingerprint density at radius 3 is 1.32 bits per heavy atom. The topological polar surface area (TPSA) is 50.3 Å². The molecule has 0 saturated carbocycles. The molecule has 0 amide bonds. The van der Waals surface area contributed by atoms with E-state index in [0.29, 0.717) is 11.5 Å². The number of aromatic nitrogens is 3. The van der Waals surface area contributed by atoms with Crippen molar-refractivity contribution in [3.8, 4) is 28.5 Å². The van der Waals surface area contributed by atoms with Crippen molar-refractivity contribution in [1.29, 1.82) is 0 Å². The lowest BCUT2D eigenvalue weighted by atomic mass is 9.73. The summed E-state index contributed by atoms with van der Waals surface area (Å²) < 4.78 is 8.76. The Labute approximate surface area is 361 Å². The number of fused-ring (bicyclic) bond motifs is 6. The van der Waals surface area contributed by atoms with Crippen LogP contribution in [0.5, 0.6) is 0 Å². The van der Waals surface area contributed by atoms with E-state index in [4.69, 9.17) is 14.4 Å². The standard InChI is InChI=1S/C56H43N5O/c1-55(2)41-18-8-12-22-47(41)59(48-23-13-9-19-42(48)55)39-30-26-36(27-31-39)53-57-45-35-52-46(34-51(45)61(53)38-16-6-5-7-17-38)58-54(62-52)37-28-32-40(33-29-37)60-49-24-14-10-20-43(49)56(3,4)44-21-11-15-25-50(44)60/h5-35H,1-4H3. The van der Waals surface area contributed by atoms with Crippen molar-refractivity contribution in [3.05, 3.63) is 210 Å². The molecular formula is C56H43N5O. The van der Waals surface area contributed by atoms with Crippen molar-refractivity contribution < 1.29 is 4.42 Å². The van der Waals surface area contributed by atoms with Crippen LogP contribution in [-0.2, 0) is 10.8 Å². The number of hydrogen-bond donors (Lipinski definition) is 0. The normalized spacial score (nSPS) is 14.6. The minimum atomic E-state index is -0.116. The fourth-order valence-electron chi connectivity index (χ4n) is 10.1. The first-order chi connectivity index (χ1) is 30.3. The lowest BCUT2D eigenvalue weighted by Crippen LogP contribution is -2.30. The molecule has 0 fully saturated rings. The molecular weight excluding hydrogens is 759 g/mol. The Bertz CT molecular complexity index is 3260. The fourth-order valence-corrected chi connectivity index (χ4v) is 10.1. The van der Waals surface area contributed by atoms with Crippen LogP contribution in [-0.4, -0.2) is 14.5 Å². The van der Waals surface area contributed by atoms with Gasteiger partial charge in [0.25, 0.3) is 0 Å². The SMILES string of the molecule is CC1(C)c2ccccc2N(c2ccc(-c3nc4cc5c(cc4o3)nc(-c3ccc(N4c6ccccc6C(C)(C)c6ccccc64)cc3)n5-c3ccccc3)cc2)c2ccccc21. The molecule has 2 aliphatic heterocycles. The summed E-state index contributed by atoms with van der Waals surface area (Å²) in [6, 6.07) is 66.9. The van der Waals surface area contributed by atoms with E-state index in [-0.39, 0.29) is 10.8 Å². The maximum absolute atomic E-state index is 6.52. The Balaban J connectivity index is 0.915. The minimum Gasteiger partial charge on any atom is -0.436 e. The molecule has 8 aromatic carbocycles. The Kier molecular flexibility index (Phi) is 7.82. The zero-order valence-electron chi connectivity index (χ0n) is 35.0. The van der Waals surface area contributed by atoms with E-state index < -0.39 is 0 Å². The minimum absolute atomic E-state index is 0.112. The van der Waals surface area contributed by atoms with Crippen LogP contribution in [0.15, 0.2) is 192 Å². The van der Waals surface area contributed by atoms with Gasteiger partial charge in [-0.2, -0.15) is 0 Å². The van der Waals surface area contributed by atoms with Gasteiger partial charge in [0.2, 0.25) is 5.89 Å². The Hall–Kier alpha value is -7.70. The summed E-state index contributed by atoms with van der Waals surface area (Å²) in [5.74, 6) is 1.43. The Morgan fingerprint density at radius 1 is 0.403 bits per heavy atom. The van der Waals surface area contributed by atoms with Gasteiger partial charge in [-0.05, 0) is 113 Å². The second-order valence-electron chi connectivity index (χ2n) is 17.5. The predicted octanol–water partition coefficient (Wildman–Crippen LogP) is 14.7. The quantitative estimate of drug-likeness (QED) is 0.173. The molecule has 0 bridgehead atoms. The smallest absolute Gasteiger partial charge is 0.227 e. The van der Waals surface area contributed by atoms with Crippen molar-refractivity contribution in [2.75, 3.05) is 9.80 Å². The van der Waals surface area contributed by atoms with Gasteiger partial charge in [-0.3, -0.25) is 4.57 Å². The summed E-state index contributed by atoms with van der Waals surface area (Å²) in [6.45, 7) is 9.26. The first kappa shape index (κ1) is 36.2. The molecule has 6 nitrogen and oxygen atoms in total. The van der Waals surface area contributed by atoms with Gasteiger partial charge in [-0.25, -0.2) is 9.97 Å². The number of rotatable bonds is 5. The summed E-state index contributed by atoms with van der Waals surface area (Å²) in [4.78, 5) is 15.1. The summed E-state index contributed by atoms with van der Waals surface area (Å²) >= 11 is 0. The van der Waals surface area contributed by atoms with Crippen LogP contribution >= 0.6 is 0 Å². The van der Waals surface area contributed by atoms with Crippen LogP contribution in [0.1, 0.15) is 49.9 Å². The van der Waals surface area contributed by atoms with Gasteiger partial charge in [0.15, 0.2) is 5.58 Å². The molecule has 0 atom stereocenters. The highest BCUT2D eigenvalue weighted by Gasteiger charge is 2.38. The number of hydrogen-bond acceptors (Lipinski definition) is 5. The molecule has 0 N–H and O–H groups in total. The first-order valence-electron chi connectivity index (χ1n) is 21.3. The van der Waals surface area contributed by atoms with Crippen LogP contribution in [0.3, 0.4) is 0 Å². The maximum Gasteiger partial charge on any atom is 0.227 e. The molecule has 298 valence electrons. The number of oxazole rings is 1. The number of anilines is 6. The van der Waals surface area contributed by atoms with Gasteiger partial charge in [0.1, 0.15) is 11.3 Å². The average molecular weight is 802 g/mol. The van der Waals surface area contributed by atoms with Gasteiger partial charge in [-0.15, -0.1) is 0 Å². The highest BCUT2D eigenvalue weighted by molar-refractivity contribution is 5.95. The molecule has 10 aromatic rings. The molecule has 12 rings (SSSR count). The zero-order chi connectivity index (χ0) is 41.7. The number of nitrogens with zero attached hydrogens (tertiary/aromatic N) is 5. The summed E-state index contributed by atoms with van der Waals surface area (Å²) in [6.07, 6.45) is 0. The predicted molar refractivity (Wildman–Crippen MR) is 253 cm³/mol. The monoisotopic (exact) mass is 801 g/mol. The third-order valence-electron chi connectivity index (χ3n) is 13.2.